The van der Waals surface area contributed by atoms with E-state index in [1.54, 1.807) is 24.9 Å². The zero-order valence-corrected chi connectivity index (χ0v) is 23.5. The van der Waals surface area contributed by atoms with Crippen LogP contribution in [0.25, 0.3) is 11.3 Å². The monoisotopic (exact) mass is 562 g/mol. The minimum Gasteiger partial charge on any atom is -0.481 e. The highest BCUT2D eigenvalue weighted by molar-refractivity contribution is 7.10. The van der Waals surface area contributed by atoms with Crippen molar-refractivity contribution in [2.45, 2.75) is 56.7 Å². The first-order valence-electron chi connectivity index (χ1n) is 13.3. The number of amides is 3. The van der Waals surface area contributed by atoms with Crippen LogP contribution >= 0.6 is 11.5 Å². The van der Waals surface area contributed by atoms with Gasteiger partial charge >= 0.3 is 0 Å². The molecule has 0 radical (unpaired) electrons. The third-order valence-electron chi connectivity index (χ3n) is 7.17. The Bertz CT molecular complexity index is 1320. The number of hydrogen-bond donors (Lipinski definition) is 3. The van der Waals surface area contributed by atoms with Gasteiger partial charge in [0.1, 0.15) is 34.6 Å². The molecule has 3 N–H and O–H groups in total. The van der Waals surface area contributed by atoms with Crippen LogP contribution in [-0.2, 0) is 19.1 Å². The maximum atomic E-state index is 14.3. The number of rotatable bonds is 9. The van der Waals surface area contributed by atoms with Gasteiger partial charge in [0.25, 0.3) is 0 Å². The Balaban J connectivity index is 1.56. The van der Waals surface area contributed by atoms with Crippen LogP contribution in [0.3, 0.4) is 0 Å². The van der Waals surface area contributed by atoms with Crippen molar-refractivity contribution in [3.05, 3.63) is 54.3 Å². The first-order valence-corrected chi connectivity index (χ1v) is 14.1. The molecule has 2 aliphatic rings. The molecule has 2 aromatic rings. The third kappa shape index (κ3) is 6.58. The van der Waals surface area contributed by atoms with Gasteiger partial charge in [0.15, 0.2) is 0 Å². The molecule has 1 aliphatic carbocycles. The highest BCUT2D eigenvalue weighted by Gasteiger charge is 2.46. The summed E-state index contributed by atoms with van der Waals surface area (Å²) in [6, 6.07) is 8.30. The first-order chi connectivity index (χ1) is 19.4. The van der Waals surface area contributed by atoms with Crippen LogP contribution in [0.15, 0.2) is 54.3 Å². The second kappa shape index (κ2) is 13.4. The summed E-state index contributed by atoms with van der Waals surface area (Å²) in [4.78, 5) is 42.5. The van der Waals surface area contributed by atoms with E-state index in [1.165, 1.54) is 0 Å². The molecule has 0 spiro atoms. The Hall–Kier alpha value is -4.01. The number of nitrogens with one attached hydrogen (secondary N) is 3. The number of nitrogens with zero attached hydrogens (tertiary/aromatic N) is 3. The molecule has 3 atom stereocenters. The van der Waals surface area contributed by atoms with E-state index in [1.807, 2.05) is 42.5 Å². The molecule has 3 amide bonds. The average Bonchev–Trinajstić information content (AvgIpc) is 3.63. The van der Waals surface area contributed by atoms with Gasteiger partial charge in [-0.25, -0.2) is 0 Å². The molecule has 40 heavy (non-hydrogen) atoms. The van der Waals surface area contributed by atoms with Crippen molar-refractivity contribution >= 4 is 34.3 Å². The molecule has 2 heterocycles. The minimum absolute atomic E-state index is 0.141. The Morgan fingerprint density at radius 1 is 1.30 bits per heavy atom. The number of likely N-dealkylation sites (N-methyl/N-ethyl adjacent to an activating group) is 1. The zero-order chi connectivity index (χ0) is 28.5. The Morgan fingerprint density at radius 2 is 2.10 bits per heavy atom. The number of carbonyl (C=O) groups is 3. The van der Waals surface area contributed by atoms with Gasteiger partial charge in [-0.15, -0.1) is 11.5 Å². The SMILES string of the molecule is C#CCOC1=CCC[C@@](NC(=O)[C@H](C)NC)(C(=O)N2CCC[C@H]2C(=O)Nc2snnc2-c2ccccc2)CC=C1. The number of terminal acetylenes is 1. The standard InChI is InChI=1S/C29H34N6O4S/c1-4-19-39-22-13-8-16-29(17-9-14-22,32-25(36)20(2)30-3)28(38)35-18-10-15-23(35)26(37)31-27-24(33-34-40-27)21-11-6-5-7-12-21/h1,5-8,11-14,20,23,30H,9-10,15-19H2,2-3H3,(H,31,37)(H,32,36)/t20-,23-,29+/m0/s1. The summed E-state index contributed by atoms with van der Waals surface area (Å²) in [6.07, 6.45) is 13.0. The molecular weight excluding hydrogens is 528 g/mol. The molecule has 210 valence electrons. The highest BCUT2D eigenvalue weighted by Crippen LogP contribution is 2.32. The fraction of sp³-hybridized carbons (Fsp3) is 0.414. The maximum Gasteiger partial charge on any atom is 0.249 e. The smallest absolute Gasteiger partial charge is 0.249 e. The fourth-order valence-corrected chi connectivity index (χ4v) is 5.48. The molecule has 0 unspecified atom stereocenters. The van der Waals surface area contributed by atoms with Gasteiger partial charge in [0.2, 0.25) is 17.7 Å². The number of anilines is 1. The highest BCUT2D eigenvalue weighted by atomic mass is 32.1. The van der Waals surface area contributed by atoms with Crippen molar-refractivity contribution in [3.63, 3.8) is 0 Å². The number of carbonyl (C=O) groups excluding carboxylic acids is 3. The van der Waals surface area contributed by atoms with Crippen molar-refractivity contribution in [1.29, 1.82) is 0 Å². The molecular formula is C29H34N6O4S. The molecule has 1 aromatic carbocycles. The lowest BCUT2D eigenvalue weighted by Crippen LogP contribution is -2.63. The van der Waals surface area contributed by atoms with E-state index in [4.69, 9.17) is 11.2 Å². The predicted molar refractivity (Wildman–Crippen MR) is 154 cm³/mol. The summed E-state index contributed by atoms with van der Waals surface area (Å²) >= 11 is 1.09. The quantitative estimate of drug-likeness (QED) is 0.402. The zero-order valence-electron chi connectivity index (χ0n) is 22.7. The van der Waals surface area contributed by atoms with Crippen molar-refractivity contribution in [1.82, 2.24) is 25.1 Å². The van der Waals surface area contributed by atoms with Crippen LogP contribution in [-0.4, -0.2) is 70.0 Å². The van der Waals surface area contributed by atoms with E-state index in [0.29, 0.717) is 48.7 Å². The van der Waals surface area contributed by atoms with Gasteiger partial charge in [0, 0.05) is 23.6 Å². The van der Waals surface area contributed by atoms with Crippen LogP contribution < -0.4 is 16.0 Å². The molecule has 0 bridgehead atoms. The summed E-state index contributed by atoms with van der Waals surface area (Å²) in [7, 11) is 1.69. The van der Waals surface area contributed by atoms with Gasteiger partial charge in [-0.05, 0) is 58.2 Å². The predicted octanol–water partition coefficient (Wildman–Crippen LogP) is 2.87. The number of likely N-dealkylation sites (tertiary alicyclic amines) is 1. The van der Waals surface area contributed by atoms with E-state index in [9.17, 15) is 14.4 Å². The topological polar surface area (TPSA) is 126 Å². The minimum atomic E-state index is -1.23. The number of hydrogen-bond acceptors (Lipinski definition) is 8. The Morgan fingerprint density at radius 3 is 2.85 bits per heavy atom. The molecule has 1 aromatic heterocycles. The van der Waals surface area contributed by atoms with Crippen molar-refractivity contribution in [2.75, 3.05) is 25.5 Å². The maximum absolute atomic E-state index is 14.3. The first kappa shape index (κ1) is 29.0. The summed E-state index contributed by atoms with van der Waals surface area (Å²) in [5, 5.41) is 13.6. The lowest BCUT2D eigenvalue weighted by atomic mass is 9.85. The second-order valence-electron chi connectivity index (χ2n) is 9.79. The summed E-state index contributed by atoms with van der Waals surface area (Å²) in [5.41, 5.74) is 0.197. The van der Waals surface area contributed by atoms with Crippen LogP contribution in [0.5, 0.6) is 0 Å². The Kier molecular flexibility index (Phi) is 9.69. The summed E-state index contributed by atoms with van der Waals surface area (Å²) in [5.74, 6) is 2.20. The lowest BCUT2D eigenvalue weighted by molar-refractivity contribution is -0.145. The van der Waals surface area contributed by atoms with Crippen LogP contribution in [0.1, 0.15) is 39.0 Å². The molecule has 1 aliphatic heterocycles. The molecule has 1 fully saturated rings. The second-order valence-corrected chi connectivity index (χ2v) is 10.5. The number of ether oxygens (including phenoxy) is 1. The van der Waals surface area contributed by atoms with Crippen LogP contribution in [0.2, 0.25) is 0 Å². The van der Waals surface area contributed by atoms with Crippen LogP contribution in [0.4, 0.5) is 5.00 Å². The molecule has 0 saturated carbocycles. The molecule has 1 saturated heterocycles. The van der Waals surface area contributed by atoms with E-state index in [2.05, 4.69) is 31.5 Å². The lowest BCUT2D eigenvalue weighted by Gasteiger charge is -2.39. The van der Waals surface area contributed by atoms with Gasteiger partial charge in [-0.2, -0.15) is 0 Å². The summed E-state index contributed by atoms with van der Waals surface area (Å²) < 4.78 is 9.58. The molecule has 10 nitrogen and oxygen atoms in total. The van der Waals surface area contributed by atoms with Gasteiger partial charge in [-0.1, -0.05) is 46.8 Å². The van der Waals surface area contributed by atoms with E-state index < -0.39 is 17.6 Å². The van der Waals surface area contributed by atoms with Crippen molar-refractivity contribution in [3.8, 4) is 23.6 Å². The number of benzene rings is 1. The number of allylic oxidation sites excluding steroid dienone is 2. The van der Waals surface area contributed by atoms with Gasteiger partial charge in [-0.3, -0.25) is 14.4 Å². The van der Waals surface area contributed by atoms with E-state index in [-0.39, 0.29) is 30.7 Å². The molecule has 4 rings (SSSR count). The Labute approximate surface area is 238 Å². The van der Waals surface area contributed by atoms with Crippen LogP contribution in [0, 0.1) is 12.3 Å². The fourth-order valence-electron chi connectivity index (χ4n) is 4.89. The van der Waals surface area contributed by atoms with E-state index >= 15 is 0 Å². The normalized spacial score (nSPS) is 21.4. The third-order valence-corrected chi connectivity index (χ3v) is 7.81. The van der Waals surface area contributed by atoms with Gasteiger partial charge < -0.3 is 25.6 Å². The number of aromatic nitrogens is 2. The largest absolute Gasteiger partial charge is 0.481 e. The van der Waals surface area contributed by atoms with Gasteiger partial charge in [0.05, 0.1) is 6.04 Å². The molecule has 11 heteroatoms. The van der Waals surface area contributed by atoms with E-state index in [0.717, 1.165) is 17.1 Å². The average molecular weight is 563 g/mol. The van der Waals surface area contributed by atoms with Crippen molar-refractivity contribution in [2.24, 2.45) is 0 Å². The summed E-state index contributed by atoms with van der Waals surface area (Å²) in [6.45, 7) is 2.29. The van der Waals surface area contributed by atoms with Crippen molar-refractivity contribution < 1.29 is 19.1 Å².